The van der Waals surface area contributed by atoms with Gasteiger partial charge in [0.25, 0.3) is 0 Å². The molecule has 5 heteroatoms. The van der Waals surface area contributed by atoms with Crippen LogP contribution < -0.4 is 11.1 Å². The monoisotopic (exact) mass is 166 g/mol. The summed E-state index contributed by atoms with van der Waals surface area (Å²) in [7, 11) is 0. The van der Waals surface area contributed by atoms with Crippen molar-refractivity contribution < 1.29 is 13.2 Å². The van der Waals surface area contributed by atoms with E-state index in [0.717, 1.165) is 0 Å². The van der Waals surface area contributed by atoms with Gasteiger partial charge in [0.2, 0.25) is 0 Å². The molecule has 0 aromatic heterocycles. The number of rotatable bonds is 0. The summed E-state index contributed by atoms with van der Waals surface area (Å²) in [5, 5.41) is 2.66. The zero-order valence-corrected chi connectivity index (χ0v) is 5.83. The third-order valence-electron chi connectivity index (χ3n) is 2.86. The smallest absolute Gasteiger partial charge is 0.323 e. The average Bonchev–Trinajstić information content (AvgIpc) is 2.28. The highest BCUT2D eigenvalue weighted by molar-refractivity contribution is 5.28. The summed E-state index contributed by atoms with van der Waals surface area (Å²) in [6, 6.07) is 0. The first-order valence-corrected chi connectivity index (χ1v) is 3.48. The Morgan fingerprint density at radius 2 is 1.91 bits per heavy atom. The Kier molecular flexibility index (Phi) is 1.05. The summed E-state index contributed by atoms with van der Waals surface area (Å²) >= 11 is 0. The topological polar surface area (TPSA) is 38.0 Å². The Balaban J connectivity index is 2.28. The predicted molar refractivity (Wildman–Crippen MR) is 32.9 cm³/mol. The molecule has 1 aliphatic heterocycles. The van der Waals surface area contributed by atoms with Gasteiger partial charge in [0, 0.05) is 18.6 Å². The van der Waals surface area contributed by atoms with Crippen LogP contribution in [0.4, 0.5) is 13.2 Å². The van der Waals surface area contributed by atoms with Crippen LogP contribution in [-0.2, 0) is 0 Å². The molecule has 2 aliphatic rings. The molecule has 2 nitrogen and oxygen atoms in total. The molecule has 0 bridgehead atoms. The van der Waals surface area contributed by atoms with Gasteiger partial charge in [0.15, 0.2) is 0 Å². The minimum absolute atomic E-state index is 0.00694. The fourth-order valence-corrected chi connectivity index (χ4v) is 1.95. The highest BCUT2D eigenvalue weighted by Gasteiger charge is 2.80. The maximum absolute atomic E-state index is 12.3. The van der Waals surface area contributed by atoms with Crippen LogP contribution in [0.2, 0.25) is 0 Å². The molecule has 3 N–H and O–H groups in total. The number of halogens is 3. The predicted octanol–water partition coefficient (Wildman–Crippen LogP) is 0.239. The van der Waals surface area contributed by atoms with Gasteiger partial charge in [-0.25, -0.2) is 0 Å². The normalized spacial score (nSPS) is 49.1. The Morgan fingerprint density at radius 1 is 1.27 bits per heavy atom. The van der Waals surface area contributed by atoms with Crippen molar-refractivity contribution in [2.24, 2.45) is 11.1 Å². The van der Waals surface area contributed by atoms with E-state index in [2.05, 4.69) is 5.32 Å². The third-order valence-corrected chi connectivity index (χ3v) is 2.86. The standard InChI is InChI=1S/C6H9F3N2/c7-6(8,9)4-1-5(4,10)3-11-2-4/h11H,1-3,10H2/t4-,5+/m1/s1. The molecular formula is C6H9F3N2. The molecule has 1 heterocycles. The molecule has 1 saturated carbocycles. The van der Waals surface area contributed by atoms with Crippen LogP contribution in [0.25, 0.3) is 0 Å². The maximum Gasteiger partial charge on any atom is 0.397 e. The average molecular weight is 166 g/mol. The van der Waals surface area contributed by atoms with E-state index in [9.17, 15) is 13.2 Å². The number of hydrogen-bond donors (Lipinski definition) is 2. The third kappa shape index (κ3) is 0.654. The molecule has 0 spiro atoms. The van der Waals surface area contributed by atoms with E-state index in [4.69, 9.17) is 5.73 Å². The molecule has 0 aromatic rings. The number of fused-ring (bicyclic) bond motifs is 1. The first kappa shape index (κ1) is 7.36. The van der Waals surface area contributed by atoms with Gasteiger partial charge in [0.1, 0.15) is 0 Å². The van der Waals surface area contributed by atoms with Gasteiger partial charge in [-0.15, -0.1) is 0 Å². The first-order chi connectivity index (χ1) is 4.91. The number of nitrogens with two attached hydrogens (primary N) is 1. The van der Waals surface area contributed by atoms with E-state index < -0.39 is 17.1 Å². The second-order valence-corrected chi connectivity index (χ2v) is 3.52. The van der Waals surface area contributed by atoms with Crippen molar-refractivity contribution in [3.05, 3.63) is 0 Å². The molecule has 11 heavy (non-hydrogen) atoms. The summed E-state index contributed by atoms with van der Waals surface area (Å²) in [5.74, 6) is 0. The Hall–Kier alpha value is -0.290. The van der Waals surface area contributed by atoms with Crippen molar-refractivity contribution >= 4 is 0 Å². The van der Waals surface area contributed by atoms with Gasteiger partial charge in [-0.05, 0) is 6.42 Å². The van der Waals surface area contributed by atoms with Crippen LogP contribution in [0.15, 0.2) is 0 Å². The maximum atomic E-state index is 12.3. The quantitative estimate of drug-likeness (QED) is 0.541. The molecule has 0 aromatic carbocycles. The minimum atomic E-state index is -4.13. The van der Waals surface area contributed by atoms with Crippen LogP contribution in [-0.4, -0.2) is 24.8 Å². The van der Waals surface area contributed by atoms with E-state index in [0.29, 0.717) is 6.54 Å². The van der Waals surface area contributed by atoms with Crippen molar-refractivity contribution in [1.82, 2.24) is 5.32 Å². The fraction of sp³-hybridized carbons (Fsp3) is 1.00. The number of hydrogen-bond acceptors (Lipinski definition) is 2. The second kappa shape index (κ2) is 1.56. The SMILES string of the molecule is N[C@@]12CNC[C@]1(C(F)(F)F)C2. The van der Waals surface area contributed by atoms with Crippen LogP contribution >= 0.6 is 0 Å². The zero-order chi connectivity index (χ0) is 8.33. The lowest BCUT2D eigenvalue weighted by Crippen LogP contribution is -2.38. The van der Waals surface area contributed by atoms with Crippen molar-refractivity contribution in [2.75, 3.05) is 13.1 Å². The van der Waals surface area contributed by atoms with Gasteiger partial charge in [-0.3, -0.25) is 0 Å². The summed E-state index contributed by atoms with van der Waals surface area (Å²) in [4.78, 5) is 0. The van der Waals surface area contributed by atoms with E-state index in [-0.39, 0.29) is 13.0 Å². The molecule has 2 atom stereocenters. The van der Waals surface area contributed by atoms with Crippen molar-refractivity contribution in [2.45, 2.75) is 18.1 Å². The Bertz CT molecular complexity index is 191. The van der Waals surface area contributed by atoms with E-state index in [1.807, 2.05) is 0 Å². The minimum Gasteiger partial charge on any atom is -0.323 e. The Morgan fingerprint density at radius 3 is 2.09 bits per heavy atom. The lowest BCUT2D eigenvalue weighted by atomic mass is 10.0. The van der Waals surface area contributed by atoms with Crippen LogP contribution in [0.3, 0.4) is 0 Å². The highest BCUT2D eigenvalue weighted by Crippen LogP contribution is 2.65. The summed E-state index contributed by atoms with van der Waals surface area (Å²) in [6.45, 7) is 0.291. The summed E-state index contributed by atoms with van der Waals surface area (Å²) < 4.78 is 36.9. The molecule has 1 saturated heterocycles. The fourth-order valence-electron chi connectivity index (χ4n) is 1.95. The van der Waals surface area contributed by atoms with Gasteiger partial charge >= 0.3 is 6.18 Å². The Labute approximate surface area is 61.9 Å². The molecular weight excluding hydrogens is 157 g/mol. The summed E-state index contributed by atoms with van der Waals surface area (Å²) in [6.07, 6.45) is -4.04. The number of piperidine rings is 1. The lowest BCUT2D eigenvalue weighted by molar-refractivity contribution is -0.186. The zero-order valence-electron chi connectivity index (χ0n) is 5.83. The lowest BCUT2D eigenvalue weighted by Gasteiger charge is -2.17. The van der Waals surface area contributed by atoms with Gasteiger partial charge in [-0.1, -0.05) is 0 Å². The molecule has 64 valence electrons. The molecule has 1 aliphatic carbocycles. The van der Waals surface area contributed by atoms with Gasteiger partial charge < -0.3 is 11.1 Å². The van der Waals surface area contributed by atoms with Crippen molar-refractivity contribution in [3.63, 3.8) is 0 Å². The molecule has 0 amide bonds. The van der Waals surface area contributed by atoms with Crippen molar-refractivity contribution in [1.29, 1.82) is 0 Å². The van der Waals surface area contributed by atoms with Gasteiger partial charge in [-0.2, -0.15) is 13.2 Å². The molecule has 2 fully saturated rings. The van der Waals surface area contributed by atoms with E-state index in [1.165, 1.54) is 0 Å². The van der Waals surface area contributed by atoms with Crippen LogP contribution in [0, 0.1) is 5.41 Å². The molecule has 0 radical (unpaired) electrons. The number of alkyl halides is 3. The number of nitrogens with one attached hydrogen (secondary N) is 1. The molecule has 2 rings (SSSR count). The van der Waals surface area contributed by atoms with Crippen molar-refractivity contribution in [3.8, 4) is 0 Å². The first-order valence-electron chi connectivity index (χ1n) is 3.48. The van der Waals surface area contributed by atoms with Crippen LogP contribution in [0.5, 0.6) is 0 Å². The largest absolute Gasteiger partial charge is 0.397 e. The highest BCUT2D eigenvalue weighted by atomic mass is 19.4. The van der Waals surface area contributed by atoms with Crippen LogP contribution in [0.1, 0.15) is 6.42 Å². The van der Waals surface area contributed by atoms with E-state index >= 15 is 0 Å². The van der Waals surface area contributed by atoms with Gasteiger partial charge in [0.05, 0.1) is 5.41 Å². The van der Waals surface area contributed by atoms with E-state index in [1.54, 1.807) is 0 Å². The summed E-state index contributed by atoms with van der Waals surface area (Å²) in [5.41, 5.74) is 2.90. The second-order valence-electron chi connectivity index (χ2n) is 3.52. The molecule has 0 unspecified atom stereocenters.